The topological polar surface area (TPSA) is 77.0 Å². The second-order valence-corrected chi connectivity index (χ2v) is 8.95. The second kappa shape index (κ2) is 13.5. The number of hydrogen-bond acceptors (Lipinski definition) is 5. The highest BCUT2D eigenvalue weighted by molar-refractivity contribution is 5.94. The van der Waals surface area contributed by atoms with E-state index in [0.29, 0.717) is 12.1 Å². The second-order valence-electron chi connectivity index (χ2n) is 8.95. The lowest BCUT2D eigenvalue weighted by Gasteiger charge is -2.33. The zero-order chi connectivity index (χ0) is 24.2. The molecule has 1 unspecified atom stereocenters. The van der Waals surface area contributed by atoms with Crippen LogP contribution in [0.3, 0.4) is 0 Å². The molecule has 0 aromatic heterocycles. The molecule has 7 heteroatoms. The summed E-state index contributed by atoms with van der Waals surface area (Å²) >= 11 is 0. The Labute approximate surface area is 203 Å². The summed E-state index contributed by atoms with van der Waals surface area (Å²) in [6.07, 6.45) is 7.59. The fourth-order valence-corrected chi connectivity index (χ4v) is 4.17. The van der Waals surface area contributed by atoms with Gasteiger partial charge >= 0.3 is 0 Å². The van der Waals surface area contributed by atoms with Gasteiger partial charge in [0.05, 0.1) is 12.3 Å². The fraction of sp³-hybridized carbons (Fsp3) is 0.444. The van der Waals surface area contributed by atoms with Gasteiger partial charge in [0.15, 0.2) is 0 Å². The predicted molar refractivity (Wildman–Crippen MR) is 138 cm³/mol. The van der Waals surface area contributed by atoms with Gasteiger partial charge in [-0.1, -0.05) is 36.8 Å². The molecule has 0 spiro atoms. The van der Waals surface area contributed by atoms with Gasteiger partial charge in [0.2, 0.25) is 0 Å². The first kappa shape index (κ1) is 25.4. The summed E-state index contributed by atoms with van der Waals surface area (Å²) in [4.78, 5) is 29.5. The van der Waals surface area contributed by atoms with Gasteiger partial charge in [0.25, 0.3) is 11.8 Å². The number of piperidine rings is 1. The van der Waals surface area contributed by atoms with Crippen LogP contribution in [-0.4, -0.2) is 62.7 Å². The molecule has 1 aliphatic rings. The molecule has 1 fully saturated rings. The van der Waals surface area contributed by atoms with Crippen molar-refractivity contribution in [2.75, 3.05) is 38.6 Å². The minimum atomic E-state index is -0.196. The maximum absolute atomic E-state index is 13.0. The number of carbonyl (C=O) groups excluding carboxylic acids is 2. The summed E-state index contributed by atoms with van der Waals surface area (Å²) in [5.41, 5.74) is 5.48. The highest BCUT2D eigenvalue weighted by Crippen LogP contribution is 2.17. The van der Waals surface area contributed by atoms with Gasteiger partial charge in [-0.3, -0.25) is 14.5 Å². The zero-order valence-corrected chi connectivity index (χ0v) is 20.4. The molecule has 1 saturated heterocycles. The van der Waals surface area contributed by atoms with Gasteiger partial charge in [-0.15, -0.1) is 0 Å². The quantitative estimate of drug-likeness (QED) is 0.303. The summed E-state index contributed by atoms with van der Waals surface area (Å²) in [7, 11) is 4.00. The summed E-state index contributed by atoms with van der Waals surface area (Å²) in [5, 5.41) is 7.18. The third-order valence-electron chi connectivity index (χ3n) is 6.16. The van der Waals surface area contributed by atoms with E-state index in [1.54, 1.807) is 6.21 Å². The van der Waals surface area contributed by atoms with Crippen LogP contribution in [0.4, 0.5) is 5.69 Å². The van der Waals surface area contributed by atoms with Crippen molar-refractivity contribution in [3.8, 4) is 0 Å². The average molecular weight is 464 g/mol. The number of hydrogen-bond donors (Lipinski definition) is 2. The normalized spacial score (nSPS) is 15.1. The molecule has 0 bridgehead atoms. The number of unbranched alkanes of at least 4 members (excludes halogenated alkanes) is 1. The number of benzene rings is 2. The molecule has 2 aromatic carbocycles. The molecule has 1 heterocycles. The summed E-state index contributed by atoms with van der Waals surface area (Å²) < 4.78 is 0. The average Bonchev–Trinajstić information content (AvgIpc) is 2.87. The van der Waals surface area contributed by atoms with Crippen LogP contribution in [0.5, 0.6) is 0 Å². The smallest absolute Gasteiger partial charge is 0.257 e. The Morgan fingerprint density at radius 1 is 1.00 bits per heavy atom. The molecule has 34 heavy (non-hydrogen) atoms. The summed E-state index contributed by atoms with van der Waals surface area (Å²) in [5.74, 6) is -0.116. The first-order chi connectivity index (χ1) is 16.5. The fourth-order valence-electron chi connectivity index (χ4n) is 4.17. The monoisotopic (exact) mass is 463 g/mol. The maximum atomic E-state index is 13.0. The summed E-state index contributed by atoms with van der Waals surface area (Å²) in [6, 6.07) is 17.1. The molecular formula is C27H37N5O2. The van der Waals surface area contributed by atoms with Crippen LogP contribution in [-0.2, 0) is 4.79 Å². The number of nitrogens with zero attached hydrogens (tertiary/aromatic N) is 3. The molecule has 1 atom stereocenters. The van der Waals surface area contributed by atoms with E-state index in [4.69, 9.17) is 0 Å². The molecule has 182 valence electrons. The largest absolute Gasteiger partial charge is 0.378 e. The van der Waals surface area contributed by atoms with E-state index in [1.165, 1.54) is 6.42 Å². The van der Waals surface area contributed by atoms with Gasteiger partial charge in [0, 0.05) is 31.9 Å². The van der Waals surface area contributed by atoms with Gasteiger partial charge < -0.3 is 10.2 Å². The van der Waals surface area contributed by atoms with Crippen molar-refractivity contribution >= 4 is 23.7 Å². The van der Waals surface area contributed by atoms with Gasteiger partial charge in [-0.2, -0.15) is 5.10 Å². The van der Waals surface area contributed by atoms with Crippen LogP contribution in [0.25, 0.3) is 0 Å². The van der Waals surface area contributed by atoms with E-state index < -0.39 is 0 Å². The standard InChI is InChI=1S/C27H37N5O2/c1-31(2)24-16-14-22(15-17-24)21-29-30-27(34)25(32-19-9-4-10-20-32)13-7-8-18-28-26(33)23-11-5-3-6-12-23/h3,5-6,11-12,14-17,21,25H,4,7-10,13,18-20H2,1-2H3,(H,28,33)(H,30,34). The minimum absolute atomic E-state index is 0.0566. The Hall–Kier alpha value is -3.19. The van der Waals surface area contributed by atoms with Gasteiger partial charge in [-0.05, 0) is 75.0 Å². The van der Waals surface area contributed by atoms with Gasteiger partial charge in [0.1, 0.15) is 0 Å². The van der Waals surface area contributed by atoms with Crippen LogP contribution in [0.1, 0.15) is 54.4 Å². The first-order valence-electron chi connectivity index (χ1n) is 12.2. The Morgan fingerprint density at radius 3 is 2.38 bits per heavy atom. The van der Waals surface area contributed by atoms with E-state index >= 15 is 0 Å². The van der Waals surface area contributed by atoms with Crippen LogP contribution in [0.15, 0.2) is 59.7 Å². The number of nitrogens with one attached hydrogen (secondary N) is 2. The number of hydrazone groups is 1. The number of likely N-dealkylation sites (tertiary alicyclic amines) is 1. The minimum Gasteiger partial charge on any atom is -0.378 e. The number of anilines is 1. The predicted octanol–water partition coefficient (Wildman–Crippen LogP) is 3.66. The Balaban J connectivity index is 1.47. The Kier molecular flexibility index (Phi) is 10.1. The van der Waals surface area contributed by atoms with Crippen LogP contribution in [0, 0.1) is 0 Å². The highest BCUT2D eigenvalue weighted by Gasteiger charge is 2.26. The molecular weight excluding hydrogens is 426 g/mol. The highest BCUT2D eigenvalue weighted by atomic mass is 16.2. The van der Waals surface area contributed by atoms with E-state index in [-0.39, 0.29) is 17.9 Å². The number of rotatable bonds is 11. The van der Waals surface area contributed by atoms with Crippen molar-refractivity contribution < 1.29 is 9.59 Å². The van der Waals surface area contributed by atoms with Gasteiger partial charge in [-0.25, -0.2) is 5.43 Å². The van der Waals surface area contributed by atoms with Crippen molar-refractivity contribution in [3.05, 3.63) is 65.7 Å². The van der Waals surface area contributed by atoms with Crippen molar-refractivity contribution in [1.82, 2.24) is 15.6 Å². The van der Waals surface area contributed by atoms with E-state index in [2.05, 4.69) is 20.7 Å². The summed E-state index contributed by atoms with van der Waals surface area (Å²) in [6.45, 7) is 2.49. The molecule has 2 aromatic rings. The molecule has 2 amide bonds. The first-order valence-corrected chi connectivity index (χ1v) is 12.2. The number of amides is 2. The van der Waals surface area contributed by atoms with Crippen LogP contribution >= 0.6 is 0 Å². The van der Waals surface area contributed by atoms with E-state index in [0.717, 1.165) is 56.4 Å². The lowest BCUT2D eigenvalue weighted by atomic mass is 10.0. The molecule has 0 radical (unpaired) electrons. The lowest BCUT2D eigenvalue weighted by molar-refractivity contribution is -0.127. The molecule has 7 nitrogen and oxygen atoms in total. The Bertz CT molecular complexity index is 922. The van der Waals surface area contributed by atoms with Crippen molar-refractivity contribution in [3.63, 3.8) is 0 Å². The third-order valence-corrected chi connectivity index (χ3v) is 6.16. The third kappa shape index (κ3) is 7.99. The Morgan fingerprint density at radius 2 is 1.71 bits per heavy atom. The van der Waals surface area contributed by atoms with Crippen LogP contribution < -0.4 is 15.6 Å². The van der Waals surface area contributed by atoms with Crippen molar-refractivity contribution in [1.29, 1.82) is 0 Å². The zero-order valence-electron chi connectivity index (χ0n) is 20.4. The molecule has 0 saturated carbocycles. The molecule has 1 aliphatic heterocycles. The van der Waals surface area contributed by atoms with E-state index in [1.807, 2.05) is 73.6 Å². The molecule has 0 aliphatic carbocycles. The van der Waals surface area contributed by atoms with Crippen molar-refractivity contribution in [2.24, 2.45) is 5.10 Å². The SMILES string of the molecule is CN(C)c1ccc(C=NNC(=O)C(CCCCNC(=O)c2ccccc2)N2CCCCC2)cc1. The maximum Gasteiger partial charge on any atom is 0.257 e. The molecule has 3 rings (SSSR count). The number of carbonyl (C=O) groups is 2. The van der Waals surface area contributed by atoms with Crippen molar-refractivity contribution in [2.45, 2.75) is 44.6 Å². The van der Waals surface area contributed by atoms with Crippen LogP contribution in [0.2, 0.25) is 0 Å². The van der Waals surface area contributed by atoms with E-state index in [9.17, 15) is 9.59 Å². The molecule has 2 N–H and O–H groups in total. The lowest BCUT2D eigenvalue weighted by Crippen LogP contribution is -2.47.